The molecule has 0 radical (unpaired) electrons. The lowest BCUT2D eigenvalue weighted by Gasteiger charge is -2.34. The number of hydrogen-bond acceptors (Lipinski definition) is 3. The summed E-state index contributed by atoms with van der Waals surface area (Å²) < 4.78 is 0. The van der Waals surface area contributed by atoms with E-state index >= 15 is 0 Å². The van der Waals surface area contributed by atoms with E-state index in [4.69, 9.17) is 0 Å². The fourth-order valence-electron chi connectivity index (χ4n) is 3.63. The topological polar surface area (TPSA) is 52.6 Å². The number of aliphatic hydroxyl groups excluding tert-OH is 1. The highest BCUT2D eigenvalue weighted by molar-refractivity contribution is 5.83. The van der Waals surface area contributed by atoms with Crippen molar-refractivity contribution in [2.75, 3.05) is 13.2 Å². The number of benzene rings is 1. The van der Waals surface area contributed by atoms with Crippen molar-refractivity contribution in [1.29, 1.82) is 0 Å². The van der Waals surface area contributed by atoms with E-state index in [0.29, 0.717) is 12.6 Å². The van der Waals surface area contributed by atoms with Gasteiger partial charge in [-0.15, -0.1) is 0 Å². The highest BCUT2D eigenvalue weighted by atomic mass is 16.3. The van der Waals surface area contributed by atoms with Gasteiger partial charge < -0.3 is 15.3 Å². The zero-order valence-corrected chi connectivity index (χ0v) is 12.4. The summed E-state index contributed by atoms with van der Waals surface area (Å²) in [6.45, 7) is 1.26. The first kappa shape index (κ1) is 14.5. The third kappa shape index (κ3) is 3.11. The van der Waals surface area contributed by atoms with Gasteiger partial charge >= 0.3 is 0 Å². The normalized spacial score (nSPS) is 22.0. The van der Waals surface area contributed by atoms with E-state index in [2.05, 4.69) is 17.4 Å². The molecule has 1 aromatic rings. The van der Waals surface area contributed by atoms with Crippen LogP contribution in [-0.4, -0.2) is 41.1 Å². The van der Waals surface area contributed by atoms with Gasteiger partial charge in [-0.1, -0.05) is 37.1 Å². The third-order valence-electron chi connectivity index (χ3n) is 4.77. The molecule has 1 heterocycles. The van der Waals surface area contributed by atoms with Crippen molar-refractivity contribution < 1.29 is 9.90 Å². The lowest BCUT2D eigenvalue weighted by Crippen LogP contribution is -2.52. The van der Waals surface area contributed by atoms with Crippen LogP contribution in [0.2, 0.25) is 0 Å². The molecule has 3 rings (SSSR count). The Hall–Kier alpha value is -1.39. The lowest BCUT2D eigenvalue weighted by molar-refractivity contribution is -0.136. The van der Waals surface area contributed by atoms with Crippen LogP contribution in [0.15, 0.2) is 24.3 Å². The molecule has 1 saturated carbocycles. The van der Waals surface area contributed by atoms with E-state index in [-0.39, 0.29) is 18.6 Å². The van der Waals surface area contributed by atoms with Gasteiger partial charge in [-0.3, -0.25) is 4.79 Å². The number of carbonyl (C=O) groups is 1. The molecule has 1 aromatic carbocycles. The molecule has 2 aliphatic rings. The maximum Gasteiger partial charge on any atom is 0.240 e. The van der Waals surface area contributed by atoms with Gasteiger partial charge in [0.15, 0.2) is 0 Å². The van der Waals surface area contributed by atoms with Gasteiger partial charge in [0, 0.05) is 19.1 Å². The van der Waals surface area contributed by atoms with E-state index in [1.807, 2.05) is 17.0 Å². The number of hydrogen-bond donors (Lipinski definition) is 2. The number of carbonyl (C=O) groups excluding carboxylic acids is 1. The van der Waals surface area contributed by atoms with E-state index < -0.39 is 0 Å². The monoisotopic (exact) mass is 288 g/mol. The molecular formula is C17H24N2O2. The van der Waals surface area contributed by atoms with Crippen molar-refractivity contribution in [3.8, 4) is 0 Å². The number of fused-ring (bicyclic) bond motifs is 1. The Bertz CT molecular complexity index is 497. The van der Waals surface area contributed by atoms with Crippen LogP contribution in [0.1, 0.15) is 36.8 Å². The van der Waals surface area contributed by atoms with Crippen LogP contribution in [0, 0.1) is 0 Å². The molecule has 21 heavy (non-hydrogen) atoms. The highest BCUT2D eigenvalue weighted by Crippen LogP contribution is 2.25. The van der Waals surface area contributed by atoms with Gasteiger partial charge in [0.2, 0.25) is 5.91 Å². The number of rotatable bonds is 4. The predicted octanol–water partition coefficient (Wildman–Crippen LogP) is 1.46. The highest BCUT2D eigenvalue weighted by Gasteiger charge is 2.32. The van der Waals surface area contributed by atoms with Crippen molar-refractivity contribution in [2.24, 2.45) is 0 Å². The first-order valence-electron chi connectivity index (χ1n) is 8.01. The van der Waals surface area contributed by atoms with Crippen molar-refractivity contribution in [3.05, 3.63) is 35.4 Å². The van der Waals surface area contributed by atoms with Crippen LogP contribution >= 0.6 is 0 Å². The Morgan fingerprint density at radius 2 is 1.95 bits per heavy atom. The largest absolute Gasteiger partial charge is 0.395 e. The third-order valence-corrected chi connectivity index (χ3v) is 4.77. The average molecular weight is 288 g/mol. The van der Waals surface area contributed by atoms with Gasteiger partial charge in [0.05, 0.1) is 12.6 Å². The van der Waals surface area contributed by atoms with Crippen LogP contribution in [-0.2, 0) is 17.8 Å². The fourth-order valence-corrected chi connectivity index (χ4v) is 3.63. The lowest BCUT2D eigenvalue weighted by atomic mass is 9.95. The summed E-state index contributed by atoms with van der Waals surface area (Å²) in [5.41, 5.74) is 2.56. The molecule has 1 aliphatic heterocycles. The molecule has 4 nitrogen and oxygen atoms in total. The number of amides is 1. The van der Waals surface area contributed by atoms with Crippen molar-refractivity contribution >= 4 is 5.91 Å². The van der Waals surface area contributed by atoms with Crippen molar-refractivity contribution in [2.45, 2.75) is 50.7 Å². The first-order valence-corrected chi connectivity index (χ1v) is 8.01. The van der Waals surface area contributed by atoms with Crippen LogP contribution in [0.25, 0.3) is 0 Å². The molecule has 1 unspecified atom stereocenters. The molecule has 114 valence electrons. The molecule has 1 aliphatic carbocycles. The quantitative estimate of drug-likeness (QED) is 0.882. The Morgan fingerprint density at radius 1 is 1.24 bits per heavy atom. The minimum atomic E-state index is -0.146. The second-order valence-electron chi connectivity index (χ2n) is 6.10. The molecule has 0 spiro atoms. The molecule has 0 bridgehead atoms. The number of nitrogens with one attached hydrogen (secondary N) is 1. The SMILES string of the molecule is O=C(C1Cc2ccccc2CN1)N(CCO)C1CCCC1. The van der Waals surface area contributed by atoms with Gasteiger partial charge in [-0.25, -0.2) is 0 Å². The first-order chi connectivity index (χ1) is 10.3. The fraction of sp³-hybridized carbons (Fsp3) is 0.588. The van der Waals surface area contributed by atoms with Gasteiger partial charge in [-0.2, -0.15) is 0 Å². The summed E-state index contributed by atoms with van der Waals surface area (Å²) >= 11 is 0. The van der Waals surface area contributed by atoms with E-state index in [1.54, 1.807) is 0 Å². The molecular weight excluding hydrogens is 264 g/mol. The molecule has 1 amide bonds. The number of aliphatic hydroxyl groups is 1. The molecule has 1 fully saturated rings. The van der Waals surface area contributed by atoms with Crippen molar-refractivity contribution in [3.63, 3.8) is 0 Å². The summed E-state index contributed by atoms with van der Waals surface area (Å²) in [5, 5.41) is 12.7. The molecule has 4 heteroatoms. The van der Waals surface area contributed by atoms with E-state index in [0.717, 1.165) is 25.8 Å². The zero-order valence-electron chi connectivity index (χ0n) is 12.4. The van der Waals surface area contributed by atoms with Crippen LogP contribution in [0.4, 0.5) is 0 Å². The van der Waals surface area contributed by atoms with Crippen LogP contribution < -0.4 is 5.32 Å². The molecule has 0 saturated heterocycles. The van der Waals surface area contributed by atoms with Crippen LogP contribution in [0.3, 0.4) is 0 Å². The smallest absolute Gasteiger partial charge is 0.240 e. The Labute approximate surface area is 126 Å². The minimum absolute atomic E-state index is 0.0472. The van der Waals surface area contributed by atoms with E-state index in [9.17, 15) is 9.90 Å². The Kier molecular flexibility index (Phi) is 4.56. The van der Waals surface area contributed by atoms with Crippen molar-refractivity contribution in [1.82, 2.24) is 10.2 Å². The van der Waals surface area contributed by atoms with Gasteiger partial charge in [0.25, 0.3) is 0 Å². The maximum absolute atomic E-state index is 12.8. The zero-order chi connectivity index (χ0) is 14.7. The second-order valence-corrected chi connectivity index (χ2v) is 6.10. The Balaban J connectivity index is 1.71. The minimum Gasteiger partial charge on any atom is -0.395 e. The molecule has 0 aromatic heterocycles. The van der Waals surface area contributed by atoms with E-state index in [1.165, 1.54) is 24.0 Å². The maximum atomic E-state index is 12.8. The number of nitrogens with zero attached hydrogens (tertiary/aromatic N) is 1. The summed E-state index contributed by atoms with van der Waals surface area (Å²) in [6.07, 6.45) is 5.30. The standard InChI is InChI=1S/C17H24N2O2/c20-10-9-19(15-7-3-4-8-15)17(21)16-11-13-5-1-2-6-14(13)12-18-16/h1-2,5-6,15-16,18,20H,3-4,7-12H2. The Morgan fingerprint density at radius 3 is 2.67 bits per heavy atom. The average Bonchev–Trinajstić information content (AvgIpc) is 3.05. The summed E-state index contributed by atoms with van der Waals surface area (Å²) in [6, 6.07) is 8.48. The summed E-state index contributed by atoms with van der Waals surface area (Å²) in [7, 11) is 0. The molecule has 2 N–H and O–H groups in total. The summed E-state index contributed by atoms with van der Waals surface area (Å²) in [5.74, 6) is 0.158. The van der Waals surface area contributed by atoms with Crippen LogP contribution in [0.5, 0.6) is 0 Å². The second kappa shape index (κ2) is 6.58. The van der Waals surface area contributed by atoms with Gasteiger partial charge in [0.1, 0.15) is 0 Å². The van der Waals surface area contributed by atoms with Gasteiger partial charge in [-0.05, 0) is 30.4 Å². The predicted molar refractivity (Wildman–Crippen MR) is 81.8 cm³/mol. The molecule has 1 atom stereocenters. The summed E-state index contributed by atoms with van der Waals surface area (Å²) in [4.78, 5) is 14.8.